The number of sulfonamides is 1. The largest absolute Gasteiger partial charge is 0.356 e. The number of nitro groups is 1. The summed E-state index contributed by atoms with van der Waals surface area (Å²) in [6, 6.07) is 3.35. The maximum atomic E-state index is 12.8. The number of hydrogen-bond acceptors (Lipinski definition) is 5. The van der Waals surface area contributed by atoms with Gasteiger partial charge >= 0.3 is 0 Å². The molecule has 0 bridgehead atoms. The molecule has 0 atom stereocenters. The molecule has 1 aromatic carbocycles. The minimum Gasteiger partial charge on any atom is -0.356 e. The first kappa shape index (κ1) is 21.6. The van der Waals surface area contributed by atoms with E-state index in [1.54, 1.807) is 0 Å². The Morgan fingerprint density at radius 2 is 2.00 bits per heavy atom. The van der Waals surface area contributed by atoms with Crippen molar-refractivity contribution < 1.29 is 18.1 Å². The first-order chi connectivity index (χ1) is 12.6. The second kappa shape index (κ2) is 8.99. The summed E-state index contributed by atoms with van der Waals surface area (Å²) in [6.45, 7) is 5.11. The number of halogens is 1. The average molecular weight is 418 g/mol. The lowest BCUT2D eigenvalue weighted by Gasteiger charge is -2.30. The topological polar surface area (TPSA) is 110 Å². The van der Waals surface area contributed by atoms with Gasteiger partial charge in [-0.25, -0.2) is 8.42 Å². The van der Waals surface area contributed by atoms with Crippen LogP contribution in [-0.4, -0.2) is 43.2 Å². The van der Waals surface area contributed by atoms with Gasteiger partial charge in [-0.1, -0.05) is 25.4 Å². The molecule has 1 saturated heterocycles. The van der Waals surface area contributed by atoms with E-state index < -0.39 is 14.9 Å². The number of carbonyl (C=O) groups is 1. The van der Waals surface area contributed by atoms with Gasteiger partial charge < -0.3 is 5.32 Å². The highest BCUT2D eigenvalue weighted by molar-refractivity contribution is 7.89. The molecule has 27 heavy (non-hydrogen) atoms. The molecule has 1 aliphatic rings. The summed E-state index contributed by atoms with van der Waals surface area (Å²) >= 11 is 5.97. The van der Waals surface area contributed by atoms with Crippen molar-refractivity contribution in [1.82, 2.24) is 9.62 Å². The van der Waals surface area contributed by atoms with Crippen molar-refractivity contribution in [2.75, 3.05) is 19.6 Å². The Morgan fingerprint density at radius 3 is 2.56 bits per heavy atom. The molecule has 2 rings (SSSR count). The van der Waals surface area contributed by atoms with Crippen LogP contribution in [0.5, 0.6) is 0 Å². The van der Waals surface area contributed by atoms with Crippen LogP contribution in [0.25, 0.3) is 0 Å². The normalized spacial score (nSPS) is 16.4. The Morgan fingerprint density at radius 1 is 1.37 bits per heavy atom. The predicted octanol–water partition coefficient (Wildman–Crippen LogP) is 2.81. The van der Waals surface area contributed by atoms with Crippen LogP contribution in [0.3, 0.4) is 0 Å². The highest BCUT2D eigenvalue weighted by atomic mass is 35.5. The van der Waals surface area contributed by atoms with Crippen LogP contribution >= 0.6 is 11.6 Å². The van der Waals surface area contributed by atoms with Gasteiger partial charge in [-0.3, -0.25) is 14.9 Å². The third-order valence-electron chi connectivity index (χ3n) is 4.59. The van der Waals surface area contributed by atoms with Crippen LogP contribution in [0.1, 0.15) is 33.1 Å². The number of non-ortho nitro benzene ring substituents is 1. The third kappa shape index (κ3) is 5.40. The van der Waals surface area contributed by atoms with E-state index in [1.165, 1.54) is 10.4 Å². The van der Waals surface area contributed by atoms with E-state index in [-0.39, 0.29) is 40.5 Å². The van der Waals surface area contributed by atoms with Gasteiger partial charge in [-0.15, -0.1) is 0 Å². The highest BCUT2D eigenvalue weighted by Gasteiger charge is 2.34. The lowest BCUT2D eigenvalue weighted by atomic mass is 9.97. The SMILES string of the molecule is CC(C)CCNC(=O)C1CCN(S(=O)(=O)c2cc([N+](=O)[O-])ccc2Cl)CC1. The van der Waals surface area contributed by atoms with Crippen molar-refractivity contribution in [3.8, 4) is 0 Å². The molecule has 150 valence electrons. The monoisotopic (exact) mass is 417 g/mol. The van der Waals surface area contributed by atoms with Gasteiger partial charge in [0.15, 0.2) is 0 Å². The average Bonchev–Trinajstić information content (AvgIpc) is 2.61. The molecular weight excluding hydrogens is 394 g/mol. The first-order valence-corrected chi connectivity index (χ1v) is 10.7. The summed E-state index contributed by atoms with van der Waals surface area (Å²) < 4.78 is 26.9. The number of amides is 1. The van der Waals surface area contributed by atoms with Crippen molar-refractivity contribution in [2.24, 2.45) is 11.8 Å². The van der Waals surface area contributed by atoms with Crippen molar-refractivity contribution in [1.29, 1.82) is 0 Å². The van der Waals surface area contributed by atoms with E-state index in [2.05, 4.69) is 19.2 Å². The zero-order chi connectivity index (χ0) is 20.2. The molecule has 1 N–H and O–H groups in total. The Hall–Kier alpha value is -1.71. The standard InChI is InChI=1S/C17H24ClN3O5S/c1-12(2)5-8-19-17(22)13-6-9-20(10-7-13)27(25,26)16-11-14(21(23)24)3-4-15(16)18/h3-4,11-13H,5-10H2,1-2H3,(H,19,22). The molecule has 1 heterocycles. The minimum absolute atomic E-state index is 0.0546. The number of rotatable bonds is 7. The van der Waals surface area contributed by atoms with E-state index >= 15 is 0 Å². The van der Waals surface area contributed by atoms with Crippen LogP contribution < -0.4 is 5.32 Å². The molecule has 0 unspecified atom stereocenters. The van der Waals surface area contributed by atoms with Gasteiger partial charge in [0.05, 0.1) is 9.95 Å². The Labute approximate surface area is 164 Å². The van der Waals surface area contributed by atoms with Crippen LogP contribution in [0, 0.1) is 22.0 Å². The summed E-state index contributed by atoms with van der Waals surface area (Å²) in [4.78, 5) is 22.2. The summed E-state index contributed by atoms with van der Waals surface area (Å²) in [5.41, 5.74) is -0.336. The van der Waals surface area contributed by atoms with Gasteiger partial charge in [0.2, 0.25) is 15.9 Å². The van der Waals surface area contributed by atoms with Crippen LogP contribution in [0.2, 0.25) is 5.02 Å². The quantitative estimate of drug-likeness (QED) is 0.541. The first-order valence-electron chi connectivity index (χ1n) is 8.84. The molecule has 1 aliphatic heterocycles. The predicted molar refractivity (Wildman–Crippen MR) is 102 cm³/mol. The Kier molecular flexibility index (Phi) is 7.19. The number of piperidine rings is 1. The fourth-order valence-electron chi connectivity index (χ4n) is 2.93. The fraction of sp³-hybridized carbons (Fsp3) is 0.588. The van der Waals surface area contributed by atoms with Gasteiger partial charge in [-0.05, 0) is 31.2 Å². The summed E-state index contributed by atoms with van der Waals surface area (Å²) in [5.74, 6) is 0.210. The minimum atomic E-state index is -3.96. The van der Waals surface area contributed by atoms with Crippen molar-refractivity contribution in [3.05, 3.63) is 33.3 Å². The summed E-state index contributed by atoms with van der Waals surface area (Å²) in [7, 11) is -3.96. The number of carbonyl (C=O) groups excluding carboxylic acids is 1. The van der Waals surface area contributed by atoms with E-state index in [9.17, 15) is 23.3 Å². The molecule has 1 fully saturated rings. The molecular formula is C17H24ClN3O5S. The number of nitrogens with one attached hydrogen (secondary N) is 1. The van der Waals surface area contributed by atoms with Gasteiger partial charge in [0, 0.05) is 37.7 Å². The van der Waals surface area contributed by atoms with Crippen LogP contribution in [-0.2, 0) is 14.8 Å². The lowest BCUT2D eigenvalue weighted by Crippen LogP contribution is -2.43. The van der Waals surface area contributed by atoms with Crippen LogP contribution in [0.15, 0.2) is 23.1 Å². The second-order valence-corrected chi connectivity index (χ2v) is 9.34. The number of nitro benzene ring substituents is 1. The van der Waals surface area contributed by atoms with E-state index in [1.807, 2.05) is 0 Å². The fourth-order valence-corrected chi connectivity index (χ4v) is 4.89. The molecule has 0 aromatic heterocycles. The van der Waals surface area contributed by atoms with Gasteiger partial charge in [0.25, 0.3) is 5.69 Å². The molecule has 1 amide bonds. The van der Waals surface area contributed by atoms with Gasteiger partial charge in [0.1, 0.15) is 4.90 Å². The lowest BCUT2D eigenvalue weighted by molar-refractivity contribution is -0.385. The number of nitrogens with zero attached hydrogens (tertiary/aromatic N) is 2. The highest BCUT2D eigenvalue weighted by Crippen LogP contribution is 2.31. The molecule has 1 aromatic rings. The maximum Gasteiger partial charge on any atom is 0.270 e. The summed E-state index contributed by atoms with van der Waals surface area (Å²) in [5, 5.41) is 13.8. The van der Waals surface area contributed by atoms with Crippen LogP contribution in [0.4, 0.5) is 5.69 Å². The van der Waals surface area contributed by atoms with Crippen molar-refractivity contribution >= 4 is 33.2 Å². The molecule has 0 spiro atoms. The van der Waals surface area contributed by atoms with Crippen molar-refractivity contribution in [3.63, 3.8) is 0 Å². The number of hydrogen-bond donors (Lipinski definition) is 1. The molecule has 8 nitrogen and oxygen atoms in total. The second-order valence-electron chi connectivity index (χ2n) is 7.02. The van der Waals surface area contributed by atoms with E-state index in [0.717, 1.165) is 18.6 Å². The molecule has 10 heteroatoms. The third-order valence-corrected chi connectivity index (χ3v) is 6.97. The maximum absolute atomic E-state index is 12.8. The zero-order valence-corrected chi connectivity index (χ0v) is 16.9. The van der Waals surface area contributed by atoms with Gasteiger partial charge in [-0.2, -0.15) is 4.31 Å². The zero-order valence-electron chi connectivity index (χ0n) is 15.4. The summed E-state index contributed by atoms with van der Waals surface area (Å²) in [6.07, 6.45) is 1.70. The van der Waals surface area contributed by atoms with E-state index in [4.69, 9.17) is 11.6 Å². The number of benzene rings is 1. The van der Waals surface area contributed by atoms with Crippen molar-refractivity contribution in [2.45, 2.75) is 38.0 Å². The smallest absolute Gasteiger partial charge is 0.270 e. The molecule has 0 saturated carbocycles. The Balaban J connectivity index is 2.04. The Bertz CT molecular complexity index is 805. The van der Waals surface area contributed by atoms with E-state index in [0.29, 0.717) is 25.3 Å². The molecule has 0 radical (unpaired) electrons. The molecule has 0 aliphatic carbocycles.